The average Bonchev–Trinajstić information content (AvgIpc) is 2.12. The van der Waals surface area contributed by atoms with Crippen LogP contribution in [0.15, 0.2) is 11.1 Å². The Morgan fingerprint density at radius 1 is 1.08 bits per heavy atom. The Kier molecular flexibility index (Phi) is 4.17. The number of hydrogen-bond donors (Lipinski definition) is 0. The number of rotatable bonds is 2. The summed E-state index contributed by atoms with van der Waals surface area (Å²) in [7, 11) is 4.56. The summed E-state index contributed by atoms with van der Waals surface area (Å²) in [6.07, 6.45) is 0. The Morgan fingerprint density at radius 2 is 1.54 bits per heavy atom. The molecule has 0 radical (unpaired) electrons. The summed E-state index contributed by atoms with van der Waals surface area (Å²) in [5.41, 5.74) is 0.762. The molecule has 0 aliphatic heterocycles. The third kappa shape index (κ3) is 2.89. The average molecular weight is 185 g/mol. The lowest BCUT2D eigenvalue weighted by atomic mass is 10.1. The fraction of sp³-hybridized carbons (Fsp3) is 0.556. The van der Waals surface area contributed by atoms with Crippen molar-refractivity contribution in [1.29, 1.82) is 0 Å². The van der Waals surface area contributed by atoms with E-state index in [2.05, 4.69) is 4.74 Å². The molecule has 0 aromatic carbocycles. The van der Waals surface area contributed by atoms with E-state index < -0.39 is 5.97 Å². The highest BCUT2D eigenvalue weighted by molar-refractivity contribution is 6.01. The summed E-state index contributed by atoms with van der Waals surface area (Å²) < 4.78 is 4.50. The van der Waals surface area contributed by atoms with Crippen molar-refractivity contribution in [1.82, 2.24) is 4.90 Å². The van der Waals surface area contributed by atoms with E-state index in [4.69, 9.17) is 0 Å². The molecule has 0 bridgehead atoms. The predicted molar refractivity (Wildman–Crippen MR) is 49.1 cm³/mol. The summed E-state index contributed by atoms with van der Waals surface area (Å²) >= 11 is 0. The fourth-order valence-electron chi connectivity index (χ4n) is 0.802. The number of methoxy groups -OCH3 is 1. The lowest BCUT2D eigenvalue weighted by molar-refractivity contribution is -0.136. The Hall–Kier alpha value is -1.32. The van der Waals surface area contributed by atoms with Crippen LogP contribution in [0.1, 0.15) is 13.8 Å². The number of ether oxygens (including phenoxy) is 1. The highest BCUT2D eigenvalue weighted by Crippen LogP contribution is 2.07. The van der Waals surface area contributed by atoms with Gasteiger partial charge in [-0.1, -0.05) is 0 Å². The van der Waals surface area contributed by atoms with E-state index in [0.717, 1.165) is 0 Å². The molecule has 0 N–H and O–H groups in total. The second-order valence-corrected chi connectivity index (χ2v) is 2.94. The number of esters is 1. The molecule has 0 saturated heterocycles. The lowest BCUT2D eigenvalue weighted by Crippen LogP contribution is -2.24. The quantitative estimate of drug-likeness (QED) is 0.467. The Labute approximate surface area is 78.2 Å². The normalized spacial score (nSPS) is 11.8. The molecule has 4 nitrogen and oxygen atoms in total. The Balaban J connectivity index is 4.81. The maximum atomic E-state index is 11.4. The monoisotopic (exact) mass is 185 g/mol. The molecule has 0 unspecified atom stereocenters. The van der Waals surface area contributed by atoms with Gasteiger partial charge in [0.15, 0.2) is 0 Å². The van der Waals surface area contributed by atoms with Gasteiger partial charge in [0.25, 0.3) is 0 Å². The Bertz CT molecular complexity index is 254. The van der Waals surface area contributed by atoms with Gasteiger partial charge >= 0.3 is 5.97 Å². The zero-order chi connectivity index (χ0) is 10.6. The zero-order valence-electron chi connectivity index (χ0n) is 8.67. The molecule has 0 aliphatic carbocycles. The van der Waals surface area contributed by atoms with Crippen LogP contribution < -0.4 is 0 Å². The summed E-state index contributed by atoms with van der Waals surface area (Å²) in [4.78, 5) is 23.8. The second-order valence-electron chi connectivity index (χ2n) is 2.94. The van der Waals surface area contributed by atoms with Crippen LogP contribution in [0.3, 0.4) is 0 Å². The van der Waals surface area contributed by atoms with Crippen molar-refractivity contribution < 1.29 is 14.3 Å². The van der Waals surface area contributed by atoms with Gasteiger partial charge in [-0.15, -0.1) is 0 Å². The first-order valence-corrected chi connectivity index (χ1v) is 3.89. The first-order valence-electron chi connectivity index (χ1n) is 3.89. The summed E-state index contributed by atoms with van der Waals surface area (Å²) in [5.74, 6) is -0.643. The van der Waals surface area contributed by atoms with Crippen LogP contribution in [0, 0.1) is 0 Å². The van der Waals surface area contributed by atoms with Gasteiger partial charge in [-0.05, 0) is 13.8 Å². The number of hydrogen-bond acceptors (Lipinski definition) is 3. The van der Waals surface area contributed by atoms with Crippen LogP contribution in [0.5, 0.6) is 0 Å². The van der Waals surface area contributed by atoms with Crippen molar-refractivity contribution in [2.24, 2.45) is 0 Å². The fourth-order valence-corrected chi connectivity index (χ4v) is 0.802. The zero-order valence-corrected chi connectivity index (χ0v) is 8.67. The molecule has 0 saturated carbocycles. The van der Waals surface area contributed by atoms with E-state index in [0.29, 0.717) is 11.1 Å². The standard InChI is InChI=1S/C9H15NO3/c1-6(8(11)10(3)4)7(2)9(12)13-5/h1-5H3. The molecule has 4 heteroatoms. The van der Waals surface area contributed by atoms with Gasteiger partial charge in [-0.3, -0.25) is 4.79 Å². The molecule has 0 aromatic heterocycles. The molecule has 13 heavy (non-hydrogen) atoms. The highest BCUT2D eigenvalue weighted by Gasteiger charge is 2.14. The van der Waals surface area contributed by atoms with E-state index in [1.807, 2.05) is 0 Å². The third-order valence-electron chi connectivity index (χ3n) is 1.78. The molecule has 1 amide bonds. The summed E-state index contributed by atoms with van der Waals surface area (Å²) in [6.45, 7) is 3.18. The van der Waals surface area contributed by atoms with Gasteiger partial charge in [0.05, 0.1) is 7.11 Å². The molecule has 0 aromatic rings. The first kappa shape index (κ1) is 11.7. The number of amides is 1. The van der Waals surface area contributed by atoms with Gasteiger partial charge in [0.2, 0.25) is 5.91 Å². The maximum Gasteiger partial charge on any atom is 0.333 e. The van der Waals surface area contributed by atoms with Gasteiger partial charge < -0.3 is 9.64 Å². The van der Waals surface area contributed by atoms with E-state index in [9.17, 15) is 9.59 Å². The van der Waals surface area contributed by atoms with Crippen LogP contribution in [0.2, 0.25) is 0 Å². The van der Waals surface area contributed by atoms with Crippen molar-refractivity contribution in [3.05, 3.63) is 11.1 Å². The van der Waals surface area contributed by atoms with Crippen molar-refractivity contribution in [2.75, 3.05) is 21.2 Å². The molecule has 74 valence electrons. The third-order valence-corrected chi connectivity index (χ3v) is 1.78. The molecular weight excluding hydrogens is 170 g/mol. The number of carbonyl (C=O) groups excluding carboxylic acids is 2. The topological polar surface area (TPSA) is 46.6 Å². The number of nitrogens with zero attached hydrogens (tertiary/aromatic N) is 1. The summed E-state index contributed by atoms with van der Waals surface area (Å²) in [6, 6.07) is 0. The first-order chi connectivity index (χ1) is 5.91. The van der Waals surface area contributed by atoms with Crippen LogP contribution in [-0.4, -0.2) is 38.0 Å². The van der Waals surface area contributed by atoms with Gasteiger partial charge in [-0.2, -0.15) is 0 Å². The SMILES string of the molecule is COC(=O)C(C)=C(C)C(=O)N(C)C. The maximum absolute atomic E-state index is 11.4. The minimum atomic E-state index is -0.465. The lowest BCUT2D eigenvalue weighted by Gasteiger charge is -2.11. The van der Waals surface area contributed by atoms with Crippen LogP contribution in [0.25, 0.3) is 0 Å². The molecule has 0 spiro atoms. The largest absolute Gasteiger partial charge is 0.466 e. The molecule has 0 atom stereocenters. The van der Waals surface area contributed by atoms with Gasteiger partial charge in [0.1, 0.15) is 0 Å². The van der Waals surface area contributed by atoms with Crippen LogP contribution in [-0.2, 0) is 14.3 Å². The molecule has 0 rings (SSSR count). The minimum Gasteiger partial charge on any atom is -0.466 e. The van der Waals surface area contributed by atoms with Crippen LogP contribution >= 0.6 is 0 Å². The van der Waals surface area contributed by atoms with Crippen molar-refractivity contribution in [3.63, 3.8) is 0 Å². The minimum absolute atomic E-state index is 0.178. The van der Waals surface area contributed by atoms with E-state index in [-0.39, 0.29) is 5.91 Å². The van der Waals surface area contributed by atoms with Crippen LogP contribution in [0.4, 0.5) is 0 Å². The van der Waals surface area contributed by atoms with Crippen molar-refractivity contribution in [2.45, 2.75) is 13.8 Å². The summed E-state index contributed by atoms with van der Waals surface area (Å²) in [5, 5.41) is 0. The van der Waals surface area contributed by atoms with E-state index in [1.54, 1.807) is 27.9 Å². The number of likely N-dealkylation sites (N-methyl/N-ethyl adjacent to an activating group) is 1. The second kappa shape index (κ2) is 4.64. The smallest absolute Gasteiger partial charge is 0.333 e. The predicted octanol–water partition coefficient (Wildman–Crippen LogP) is 0.584. The van der Waals surface area contributed by atoms with Crippen molar-refractivity contribution in [3.8, 4) is 0 Å². The molecular formula is C9H15NO3. The molecule has 0 aliphatic rings. The Morgan fingerprint density at radius 3 is 1.85 bits per heavy atom. The number of carbonyl (C=O) groups is 2. The van der Waals surface area contributed by atoms with E-state index >= 15 is 0 Å². The van der Waals surface area contributed by atoms with Crippen molar-refractivity contribution >= 4 is 11.9 Å². The van der Waals surface area contributed by atoms with Gasteiger partial charge in [-0.25, -0.2) is 4.79 Å². The van der Waals surface area contributed by atoms with Gasteiger partial charge in [0, 0.05) is 25.2 Å². The highest BCUT2D eigenvalue weighted by atomic mass is 16.5. The molecule has 0 heterocycles. The molecule has 0 fully saturated rings. The van der Waals surface area contributed by atoms with E-state index in [1.165, 1.54) is 12.0 Å².